The Morgan fingerprint density at radius 1 is 0.270 bits per heavy atom. The number of piperidine rings is 1. The summed E-state index contributed by atoms with van der Waals surface area (Å²) < 4.78 is 1.46. The Kier molecular flexibility index (Phi) is 55.7. The molecule has 2 unspecified atom stereocenters. The van der Waals surface area contributed by atoms with Crippen molar-refractivity contribution in [3.8, 4) is 0 Å². The summed E-state index contributed by atoms with van der Waals surface area (Å²) in [6.45, 7) is 17.2. The first kappa shape index (κ1) is 74.4. The van der Waals surface area contributed by atoms with E-state index >= 15 is 0 Å². The van der Waals surface area contributed by atoms with Crippen LogP contribution in [0.1, 0.15) is 427 Å². The number of hydrogen-bond donors (Lipinski definition) is 0. The summed E-state index contributed by atoms with van der Waals surface area (Å²) in [5.41, 5.74) is 0.972. The zero-order valence-corrected chi connectivity index (χ0v) is 54.8. The fraction of sp³-hybridized carbons (Fsp3) is 1.00. The third kappa shape index (κ3) is 35.9. The van der Waals surface area contributed by atoms with E-state index in [-0.39, 0.29) is 17.0 Å². The van der Waals surface area contributed by atoms with Crippen molar-refractivity contribution in [3.63, 3.8) is 0 Å². The zero-order chi connectivity index (χ0) is 52.9. The van der Waals surface area contributed by atoms with E-state index in [2.05, 4.69) is 48.6 Å². The number of nitrogens with zero attached hydrogens (tertiary/aromatic N) is 1. The summed E-state index contributed by atoms with van der Waals surface area (Å²) in [7, 11) is 2.95. The van der Waals surface area contributed by atoms with Gasteiger partial charge in [-0.2, -0.15) is 0 Å². The maximum Gasteiger partial charge on any atom is 0.105 e. The molecule has 0 aromatic rings. The normalized spacial score (nSPS) is 17.3. The number of rotatable bonds is 60. The Bertz CT molecular complexity index is 1030. The lowest BCUT2D eigenvalue weighted by molar-refractivity contribution is -0.977. The van der Waals surface area contributed by atoms with Crippen LogP contribution >= 0.6 is 0 Å². The van der Waals surface area contributed by atoms with Gasteiger partial charge in [0.1, 0.15) is 5.54 Å². The van der Waals surface area contributed by atoms with Gasteiger partial charge in [-0.15, -0.1) is 0 Å². The molecule has 1 saturated heterocycles. The van der Waals surface area contributed by atoms with E-state index in [1.165, 1.54) is 371 Å². The molecule has 0 saturated carbocycles. The Morgan fingerprint density at radius 3 is 0.757 bits per heavy atom. The number of likely N-dealkylation sites (tertiary alicyclic amines) is 1. The van der Waals surface area contributed by atoms with E-state index in [1.54, 1.807) is 32.1 Å². The highest BCUT2D eigenvalue weighted by Crippen LogP contribution is 2.62. The summed E-state index contributed by atoms with van der Waals surface area (Å²) in [5.74, 6) is 0.951. The van der Waals surface area contributed by atoms with Crippen molar-refractivity contribution in [2.45, 2.75) is 432 Å². The lowest BCUT2D eigenvalue weighted by Crippen LogP contribution is -3.00. The van der Waals surface area contributed by atoms with Gasteiger partial charge >= 0.3 is 0 Å². The maximum absolute atomic E-state index is 2.95. The van der Waals surface area contributed by atoms with E-state index in [9.17, 15) is 0 Å². The van der Waals surface area contributed by atoms with Crippen molar-refractivity contribution in [3.05, 3.63) is 0 Å². The molecule has 0 aliphatic carbocycles. The molecule has 446 valence electrons. The first-order valence-corrected chi connectivity index (χ1v) is 35.8. The molecule has 0 spiro atoms. The maximum atomic E-state index is 2.95. The van der Waals surface area contributed by atoms with Crippen LogP contribution in [0.4, 0.5) is 0 Å². The van der Waals surface area contributed by atoms with Crippen LogP contribution in [0.5, 0.6) is 0 Å². The summed E-state index contributed by atoms with van der Waals surface area (Å²) in [6.07, 6.45) is 88.8. The van der Waals surface area contributed by atoms with Gasteiger partial charge in [0, 0.05) is 24.7 Å². The number of quaternary nitrogens is 1. The van der Waals surface area contributed by atoms with Crippen molar-refractivity contribution in [2.24, 2.45) is 11.3 Å². The summed E-state index contributed by atoms with van der Waals surface area (Å²) >= 11 is 0. The molecule has 2 atom stereocenters. The SMILES string of the molecule is CCCCCCCCCCCC1CC[N+](C)(CCCCCCCCCCC)C(CCCCCCCCCCC)(CCCCCCCCCCC)C1(CCCCCCCCCCC)CCCCCCCCCCC.[Br-]. The van der Waals surface area contributed by atoms with Crippen molar-refractivity contribution in [1.29, 1.82) is 0 Å². The minimum absolute atomic E-state index is 0. The molecule has 1 fully saturated rings. The Morgan fingerprint density at radius 2 is 0.486 bits per heavy atom. The average molecular weight is 1110 g/mol. The summed E-state index contributed by atoms with van der Waals surface area (Å²) in [4.78, 5) is 0. The number of halogens is 1. The van der Waals surface area contributed by atoms with Crippen LogP contribution in [0.3, 0.4) is 0 Å². The quantitative estimate of drug-likeness (QED) is 0.0421. The molecule has 2 heteroatoms. The van der Waals surface area contributed by atoms with Crippen LogP contribution in [0.25, 0.3) is 0 Å². The largest absolute Gasteiger partial charge is 1.00 e. The second-order valence-corrected chi connectivity index (χ2v) is 26.3. The Hall–Kier alpha value is 0.440. The van der Waals surface area contributed by atoms with Crippen molar-refractivity contribution >= 4 is 0 Å². The van der Waals surface area contributed by atoms with Gasteiger partial charge in [0.05, 0.1) is 20.1 Å². The average Bonchev–Trinajstić information content (AvgIpc) is 3.39. The molecule has 0 amide bonds. The minimum atomic E-state index is 0. The first-order chi connectivity index (χ1) is 36.0. The fourth-order valence-electron chi connectivity index (χ4n) is 15.2. The van der Waals surface area contributed by atoms with Crippen molar-refractivity contribution in [1.82, 2.24) is 0 Å². The third-order valence-electron chi connectivity index (χ3n) is 20.0. The van der Waals surface area contributed by atoms with Gasteiger partial charge in [-0.1, -0.05) is 363 Å². The van der Waals surface area contributed by atoms with Crippen LogP contribution in [-0.2, 0) is 0 Å². The Labute approximate surface area is 482 Å². The monoisotopic (exact) mass is 1100 g/mol. The predicted octanol–water partition coefficient (Wildman–Crippen LogP) is 23.3. The molecule has 0 aromatic heterocycles. The lowest BCUT2D eigenvalue weighted by Gasteiger charge is -2.67. The molecular formula is C72H146BrN. The molecule has 1 nitrogen and oxygen atoms in total. The van der Waals surface area contributed by atoms with Crippen LogP contribution in [0.2, 0.25) is 0 Å². The Balaban J connectivity index is 0.0000533. The van der Waals surface area contributed by atoms with Gasteiger partial charge < -0.3 is 21.5 Å². The molecular weight excluding hydrogens is 959 g/mol. The zero-order valence-electron chi connectivity index (χ0n) is 53.2. The minimum Gasteiger partial charge on any atom is -1.00 e. The van der Waals surface area contributed by atoms with Gasteiger partial charge in [-0.05, 0) is 50.9 Å². The highest BCUT2D eigenvalue weighted by atomic mass is 79.9. The molecule has 0 N–H and O–H groups in total. The van der Waals surface area contributed by atoms with Gasteiger partial charge in [-0.3, -0.25) is 0 Å². The van der Waals surface area contributed by atoms with Crippen LogP contribution in [0, 0.1) is 11.3 Å². The highest BCUT2D eigenvalue weighted by molar-refractivity contribution is 5.06. The van der Waals surface area contributed by atoms with E-state index in [1.807, 2.05) is 0 Å². The summed E-state index contributed by atoms with van der Waals surface area (Å²) in [6, 6.07) is 0. The second-order valence-electron chi connectivity index (χ2n) is 26.3. The fourth-order valence-corrected chi connectivity index (χ4v) is 15.2. The lowest BCUT2D eigenvalue weighted by atomic mass is 9.49. The first-order valence-electron chi connectivity index (χ1n) is 35.8. The molecule has 1 heterocycles. The highest BCUT2D eigenvalue weighted by Gasteiger charge is 2.65. The molecule has 74 heavy (non-hydrogen) atoms. The van der Waals surface area contributed by atoms with E-state index < -0.39 is 0 Å². The predicted molar refractivity (Wildman–Crippen MR) is 336 cm³/mol. The topological polar surface area (TPSA) is 0 Å². The number of hydrogen-bond acceptors (Lipinski definition) is 0. The smallest absolute Gasteiger partial charge is 0.105 e. The van der Waals surface area contributed by atoms with Gasteiger partial charge in [0.15, 0.2) is 0 Å². The second kappa shape index (κ2) is 55.4. The van der Waals surface area contributed by atoms with E-state index in [0.29, 0.717) is 11.0 Å². The summed E-state index contributed by atoms with van der Waals surface area (Å²) in [5, 5.41) is 0. The molecule has 1 rings (SSSR count). The van der Waals surface area contributed by atoms with Gasteiger partial charge in [0.2, 0.25) is 0 Å². The van der Waals surface area contributed by atoms with Gasteiger partial charge in [-0.25, -0.2) is 0 Å². The van der Waals surface area contributed by atoms with Crippen molar-refractivity contribution < 1.29 is 21.5 Å². The molecule has 0 radical (unpaired) electrons. The standard InChI is InChI=1S/C72H146N.BrH/c1-8-14-20-26-32-38-44-50-56-62-70-63-69-73(7,68-61-55-49-43-37-31-25-19-13-6)72(66-59-53-47-41-35-29-23-17-11-4,67-60-54-48-42-36-30-24-18-12-5)71(70,64-57-51-45-39-33-27-21-15-9-2)65-58-52-46-40-34-28-22-16-10-3;/h70H,8-69H2,1-7H3;1H/q+1;/p-1. The third-order valence-corrected chi connectivity index (χ3v) is 20.0. The van der Waals surface area contributed by atoms with Crippen LogP contribution in [-0.4, -0.2) is 30.2 Å². The van der Waals surface area contributed by atoms with E-state index in [0.717, 1.165) is 5.92 Å². The van der Waals surface area contributed by atoms with E-state index in [4.69, 9.17) is 0 Å². The van der Waals surface area contributed by atoms with Crippen LogP contribution in [0.15, 0.2) is 0 Å². The molecule has 1 aliphatic heterocycles. The van der Waals surface area contributed by atoms with Gasteiger partial charge in [0.25, 0.3) is 0 Å². The van der Waals surface area contributed by atoms with Crippen molar-refractivity contribution in [2.75, 3.05) is 20.1 Å². The van der Waals surface area contributed by atoms with Crippen LogP contribution < -0.4 is 17.0 Å². The number of unbranched alkanes of at least 4 members (excludes halogenated alkanes) is 48. The molecule has 1 aliphatic rings. The molecule has 0 aromatic carbocycles. The molecule has 0 bridgehead atoms.